The molecule has 2 N–H and O–H groups in total. The highest BCUT2D eigenvalue weighted by atomic mass is 35.5. The Morgan fingerprint density at radius 2 is 2.06 bits per heavy atom. The minimum Gasteiger partial charge on any atom is -0.495 e. The van der Waals surface area contributed by atoms with Crippen molar-refractivity contribution in [1.82, 2.24) is 0 Å². The van der Waals surface area contributed by atoms with Gasteiger partial charge in [0.1, 0.15) is 5.75 Å². The summed E-state index contributed by atoms with van der Waals surface area (Å²) in [6.07, 6.45) is -5.36. The van der Waals surface area contributed by atoms with E-state index in [2.05, 4.69) is 0 Å². The minimum atomic E-state index is -4.29. The summed E-state index contributed by atoms with van der Waals surface area (Å²) in [5.41, 5.74) is 5.78. The molecule has 1 aromatic rings. The molecule has 0 heterocycles. The minimum absolute atomic E-state index is 0.316. The summed E-state index contributed by atoms with van der Waals surface area (Å²) in [4.78, 5) is 0. The first kappa shape index (κ1) is 13.1. The summed E-state index contributed by atoms with van der Waals surface area (Å²) in [6.45, 7) is 0. The maximum absolute atomic E-state index is 12.1. The fourth-order valence-corrected chi connectivity index (χ4v) is 1.47. The van der Waals surface area contributed by atoms with Gasteiger partial charge < -0.3 is 10.5 Å². The SMILES string of the molecule is COc1cc(C(N)CC(F)(F)F)ccc1Cl. The summed E-state index contributed by atoms with van der Waals surface area (Å²) in [5, 5.41) is 0.338. The van der Waals surface area contributed by atoms with E-state index in [-0.39, 0.29) is 0 Å². The normalized spacial score (nSPS) is 13.6. The third-order valence-electron chi connectivity index (χ3n) is 2.05. The molecule has 1 atom stereocenters. The van der Waals surface area contributed by atoms with Crippen LogP contribution in [-0.4, -0.2) is 13.3 Å². The number of rotatable bonds is 3. The van der Waals surface area contributed by atoms with Gasteiger partial charge in [-0.1, -0.05) is 17.7 Å². The van der Waals surface area contributed by atoms with Gasteiger partial charge in [-0.05, 0) is 17.7 Å². The second-order valence-corrected chi connectivity index (χ2v) is 3.73. The molecule has 0 spiro atoms. The van der Waals surface area contributed by atoms with Gasteiger partial charge in [-0.25, -0.2) is 0 Å². The van der Waals surface area contributed by atoms with E-state index >= 15 is 0 Å². The first-order valence-electron chi connectivity index (χ1n) is 4.49. The van der Waals surface area contributed by atoms with E-state index in [0.29, 0.717) is 16.3 Å². The number of benzene rings is 1. The van der Waals surface area contributed by atoms with Crippen molar-refractivity contribution in [3.8, 4) is 5.75 Å². The first-order valence-corrected chi connectivity index (χ1v) is 4.87. The van der Waals surface area contributed by atoms with E-state index in [0.717, 1.165) is 0 Å². The molecule has 1 aromatic carbocycles. The van der Waals surface area contributed by atoms with Crippen LogP contribution in [0, 0.1) is 0 Å². The Morgan fingerprint density at radius 3 is 2.56 bits per heavy atom. The van der Waals surface area contributed by atoms with Crippen LogP contribution in [0.3, 0.4) is 0 Å². The zero-order chi connectivity index (χ0) is 12.3. The molecule has 2 nitrogen and oxygen atoms in total. The van der Waals surface area contributed by atoms with E-state index in [9.17, 15) is 13.2 Å². The van der Waals surface area contributed by atoms with Crippen LogP contribution >= 0.6 is 11.6 Å². The van der Waals surface area contributed by atoms with E-state index < -0.39 is 18.6 Å². The lowest BCUT2D eigenvalue weighted by molar-refractivity contribution is -0.138. The van der Waals surface area contributed by atoms with Crippen molar-refractivity contribution in [2.75, 3.05) is 7.11 Å². The molecule has 6 heteroatoms. The molecule has 16 heavy (non-hydrogen) atoms. The van der Waals surface area contributed by atoms with Crippen molar-refractivity contribution in [1.29, 1.82) is 0 Å². The number of ether oxygens (including phenoxy) is 1. The lowest BCUT2D eigenvalue weighted by atomic mass is 10.0. The predicted molar refractivity (Wildman–Crippen MR) is 55.6 cm³/mol. The van der Waals surface area contributed by atoms with Gasteiger partial charge in [0.2, 0.25) is 0 Å². The number of methoxy groups -OCH3 is 1. The Kier molecular flexibility index (Phi) is 4.04. The van der Waals surface area contributed by atoms with Crippen LogP contribution in [0.5, 0.6) is 5.75 Å². The Hall–Kier alpha value is -0.940. The Morgan fingerprint density at radius 1 is 1.44 bits per heavy atom. The van der Waals surface area contributed by atoms with Gasteiger partial charge in [0, 0.05) is 6.04 Å². The third-order valence-corrected chi connectivity index (χ3v) is 2.37. The molecule has 0 saturated carbocycles. The van der Waals surface area contributed by atoms with Crippen LogP contribution in [0.1, 0.15) is 18.0 Å². The number of halogens is 4. The quantitative estimate of drug-likeness (QED) is 0.897. The fourth-order valence-electron chi connectivity index (χ4n) is 1.27. The Labute approximate surface area is 96.1 Å². The fraction of sp³-hybridized carbons (Fsp3) is 0.400. The average Bonchev–Trinajstić information content (AvgIpc) is 2.15. The van der Waals surface area contributed by atoms with E-state index in [1.165, 1.54) is 25.3 Å². The number of nitrogens with two attached hydrogens (primary N) is 1. The summed E-state index contributed by atoms with van der Waals surface area (Å²) < 4.78 is 41.2. The van der Waals surface area contributed by atoms with Crippen LogP contribution in [0.25, 0.3) is 0 Å². The van der Waals surface area contributed by atoms with E-state index in [4.69, 9.17) is 22.1 Å². The lowest BCUT2D eigenvalue weighted by Gasteiger charge is -2.15. The van der Waals surface area contributed by atoms with Gasteiger partial charge in [0.15, 0.2) is 0 Å². The summed E-state index contributed by atoms with van der Waals surface area (Å²) in [7, 11) is 1.39. The molecule has 90 valence electrons. The van der Waals surface area contributed by atoms with Crippen molar-refractivity contribution in [3.05, 3.63) is 28.8 Å². The Balaban J connectivity index is 2.88. The monoisotopic (exact) mass is 253 g/mol. The highest BCUT2D eigenvalue weighted by molar-refractivity contribution is 6.32. The third kappa shape index (κ3) is 3.57. The molecular formula is C10H11ClF3NO. The lowest BCUT2D eigenvalue weighted by Crippen LogP contribution is -2.20. The number of alkyl halides is 3. The standard InChI is InChI=1S/C10H11ClF3NO/c1-16-9-4-6(2-3-7(9)11)8(15)5-10(12,13)14/h2-4,8H,5,15H2,1H3. The summed E-state index contributed by atoms with van der Waals surface area (Å²) >= 11 is 5.75. The van der Waals surface area contributed by atoms with Crippen molar-refractivity contribution < 1.29 is 17.9 Å². The molecule has 1 rings (SSSR count). The molecule has 0 aromatic heterocycles. The van der Waals surface area contributed by atoms with E-state index in [1.54, 1.807) is 0 Å². The number of hydrogen-bond acceptors (Lipinski definition) is 2. The van der Waals surface area contributed by atoms with Gasteiger partial charge in [-0.3, -0.25) is 0 Å². The topological polar surface area (TPSA) is 35.2 Å². The first-order chi connectivity index (χ1) is 7.33. The zero-order valence-electron chi connectivity index (χ0n) is 8.51. The molecule has 0 amide bonds. The van der Waals surface area contributed by atoms with Crippen molar-refractivity contribution >= 4 is 11.6 Å². The maximum atomic E-state index is 12.1. The van der Waals surface area contributed by atoms with Gasteiger partial charge in [0.05, 0.1) is 18.6 Å². The molecule has 0 aliphatic carbocycles. The van der Waals surface area contributed by atoms with Crippen LogP contribution in [0.15, 0.2) is 18.2 Å². The second kappa shape index (κ2) is 4.93. The van der Waals surface area contributed by atoms with Crippen LogP contribution in [0.2, 0.25) is 5.02 Å². The van der Waals surface area contributed by atoms with Crippen LogP contribution in [-0.2, 0) is 0 Å². The van der Waals surface area contributed by atoms with Gasteiger partial charge >= 0.3 is 6.18 Å². The molecule has 0 fully saturated rings. The number of hydrogen-bond donors (Lipinski definition) is 1. The molecule has 1 unspecified atom stereocenters. The molecule has 0 bridgehead atoms. The average molecular weight is 254 g/mol. The largest absolute Gasteiger partial charge is 0.495 e. The van der Waals surface area contributed by atoms with Gasteiger partial charge in [-0.2, -0.15) is 13.2 Å². The highest BCUT2D eigenvalue weighted by Gasteiger charge is 2.31. The summed E-state index contributed by atoms with van der Waals surface area (Å²) in [6, 6.07) is 3.23. The van der Waals surface area contributed by atoms with Crippen LogP contribution in [0.4, 0.5) is 13.2 Å². The van der Waals surface area contributed by atoms with Crippen LogP contribution < -0.4 is 10.5 Å². The predicted octanol–water partition coefficient (Wildman–Crippen LogP) is 3.30. The Bertz CT molecular complexity index is 368. The highest BCUT2D eigenvalue weighted by Crippen LogP contribution is 2.32. The smallest absolute Gasteiger partial charge is 0.390 e. The van der Waals surface area contributed by atoms with Crippen molar-refractivity contribution in [2.45, 2.75) is 18.6 Å². The van der Waals surface area contributed by atoms with Gasteiger partial charge in [-0.15, -0.1) is 0 Å². The molecule has 0 aliphatic heterocycles. The molecule has 0 aliphatic rings. The molecule has 0 saturated heterocycles. The zero-order valence-corrected chi connectivity index (χ0v) is 9.27. The molecule has 0 radical (unpaired) electrons. The molecular weight excluding hydrogens is 243 g/mol. The second-order valence-electron chi connectivity index (χ2n) is 3.32. The van der Waals surface area contributed by atoms with E-state index in [1.807, 2.05) is 0 Å². The van der Waals surface area contributed by atoms with Gasteiger partial charge in [0.25, 0.3) is 0 Å². The summed E-state index contributed by atoms with van der Waals surface area (Å²) in [5.74, 6) is 0.316. The van der Waals surface area contributed by atoms with Crippen molar-refractivity contribution in [2.24, 2.45) is 5.73 Å². The van der Waals surface area contributed by atoms with Crippen molar-refractivity contribution in [3.63, 3.8) is 0 Å². The maximum Gasteiger partial charge on any atom is 0.390 e.